The highest BCUT2D eigenvalue weighted by molar-refractivity contribution is 9.10. The van der Waals surface area contributed by atoms with Crippen molar-refractivity contribution >= 4 is 39.3 Å². The summed E-state index contributed by atoms with van der Waals surface area (Å²) in [6, 6.07) is 4.29. The first-order chi connectivity index (χ1) is 8.45. The van der Waals surface area contributed by atoms with Crippen molar-refractivity contribution in [3.63, 3.8) is 0 Å². The van der Waals surface area contributed by atoms with Crippen LogP contribution in [0.2, 0.25) is 5.02 Å². The van der Waals surface area contributed by atoms with E-state index in [-0.39, 0.29) is 11.8 Å². The lowest BCUT2D eigenvalue weighted by atomic mass is 10.2. The highest BCUT2D eigenvalue weighted by Gasteiger charge is 2.16. The zero-order valence-electron chi connectivity index (χ0n) is 10.1. The summed E-state index contributed by atoms with van der Waals surface area (Å²) in [7, 11) is 0. The van der Waals surface area contributed by atoms with Crippen LogP contribution in [0.4, 0.5) is 0 Å². The largest absolute Gasteiger partial charge is 0.355 e. The van der Waals surface area contributed by atoms with Crippen LogP contribution in [-0.4, -0.2) is 24.4 Å². The van der Waals surface area contributed by atoms with Gasteiger partial charge in [0.2, 0.25) is 5.91 Å². The van der Waals surface area contributed by atoms with Crippen molar-refractivity contribution in [1.29, 1.82) is 0 Å². The number of carbonyl (C=O) groups excluding carboxylic acids is 2. The molecule has 2 N–H and O–H groups in total. The second-order valence-electron chi connectivity index (χ2n) is 3.72. The lowest BCUT2D eigenvalue weighted by Gasteiger charge is -2.13. The molecule has 1 rings (SSSR count). The van der Waals surface area contributed by atoms with Crippen molar-refractivity contribution in [2.45, 2.75) is 19.9 Å². The van der Waals surface area contributed by atoms with Gasteiger partial charge in [-0.05, 0) is 48.0 Å². The summed E-state index contributed by atoms with van der Waals surface area (Å²) in [4.78, 5) is 23.3. The second-order valence-corrected chi connectivity index (χ2v) is 4.98. The van der Waals surface area contributed by atoms with Crippen molar-refractivity contribution in [2.24, 2.45) is 0 Å². The Kier molecular flexibility index (Phi) is 5.62. The summed E-state index contributed by atoms with van der Waals surface area (Å²) >= 11 is 9.15. The van der Waals surface area contributed by atoms with E-state index >= 15 is 0 Å². The normalized spacial score (nSPS) is 11.8. The molecule has 1 aromatic carbocycles. The Morgan fingerprint density at radius 1 is 1.44 bits per heavy atom. The molecule has 98 valence electrons. The first-order valence-electron chi connectivity index (χ1n) is 5.49. The summed E-state index contributed by atoms with van der Waals surface area (Å²) in [6.07, 6.45) is 0. The number of rotatable bonds is 4. The summed E-state index contributed by atoms with van der Waals surface area (Å²) in [5.41, 5.74) is 0.416. The third-order valence-corrected chi connectivity index (χ3v) is 3.51. The van der Waals surface area contributed by atoms with Gasteiger partial charge in [0.15, 0.2) is 0 Å². The highest BCUT2D eigenvalue weighted by Crippen LogP contribution is 2.23. The molecule has 0 aromatic heterocycles. The van der Waals surface area contributed by atoms with Gasteiger partial charge in [-0.15, -0.1) is 0 Å². The van der Waals surface area contributed by atoms with Crippen LogP contribution in [0.1, 0.15) is 24.2 Å². The van der Waals surface area contributed by atoms with Gasteiger partial charge in [0.1, 0.15) is 6.04 Å². The molecule has 0 heterocycles. The Balaban J connectivity index is 2.70. The molecular formula is C12H14BrClN2O2. The minimum atomic E-state index is -0.583. The third-order valence-electron chi connectivity index (χ3n) is 2.27. The topological polar surface area (TPSA) is 58.2 Å². The highest BCUT2D eigenvalue weighted by atomic mass is 79.9. The fourth-order valence-electron chi connectivity index (χ4n) is 1.31. The zero-order valence-corrected chi connectivity index (χ0v) is 12.4. The number of amides is 2. The van der Waals surface area contributed by atoms with E-state index in [0.717, 1.165) is 4.47 Å². The van der Waals surface area contributed by atoms with Crippen LogP contribution in [0.15, 0.2) is 22.7 Å². The first kappa shape index (κ1) is 15.0. The molecule has 1 aromatic rings. The van der Waals surface area contributed by atoms with Crippen molar-refractivity contribution in [3.8, 4) is 0 Å². The zero-order chi connectivity index (χ0) is 13.7. The average Bonchev–Trinajstić information content (AvgIpc) is 2.32. The van der Waals surface area contributed by atoms with Crippen molar-refractivity contribution in [3.05, 3.63) is 33.3 Å². The quantitative estimate of drug-likeness (QED) is 0.888. The van der Waals surface area contributed by atoms with E-state index in [9.17, 15) is 9.59 Å². The molecule has 1 unspecified atom stereocenters. The Labute approximate surface area is 119 Å². The van der Waals surface area contributed by atoms with Crippen molar-refractivity contribution in [2.75, 3.05) is 6.54 Å². The number of hydrogen-bond acceptors (Lipinski definition) is 2. The molecule has 0 bridgehead atoms. The fourth-order valence-corrected chi connectivity index (χ4v) is 1.74. The SMILES string of the molecule is CCNC(=O)C(C)NC(=O)c1ccc(Br)c(Cl)c1. The fraction of sp³-hybridized carbons (Fsp3) is 0.333. The maximum absolute atomic E-state index is 11.9. The lowest BCUT2D eigenvalue weighted by Crippen LogP contribution is -2.44. The first-order valence-corrected chi connectivity index (χ1v) is 6.66. The molecule has 4 nitrogen and oxygen atoms in total. The number of likely N-dealkylation sites (N-methyl/N-ethyl adjacent to an activating group) is 1. The van der Waals surface area contributed by atoms with Crippen molar-refractivity contribution < 1.29 is 9.59 Å². The predicted octanol–water partition coefficient (Wildman–Crippen LogP) is 2.36. The van der Waals surface area contributed by atoms with E-state index in [2.05, 4.69) is 26.6 Å². The number of nitrogens with one attached hydrogen (secondary N) is 2. The van der Waals surface area contributed by atoms with E-state index in [1.807, 2.05) is 6.92 Å². The molecule has 0 aliphatic rings. The smallest absolute Gasteiger partial charge is 0.251 e. The van der Waals surface area contributed by atoms with Gasteiger partial charge < -0.3 is 10.6 Å². The molecule has 0 spiro atoms. The summed E-state index contributed by atoms with van der Waals surface area (Å²) < 4.78 is 0.720. The number of benzene rings is 1. The molecule has 6 heteroatoms. The maximum atomic E-state index is 11.9. The minimum Gasteiger partial charge on any atom is -0.355 e. The Hall–Kier alpha value is -1.07. The van der Waals surface area contributed by atoms with Gasteiger partial charge in [-0.25, -0.2) is 0 Å². The average molecular weight is 334 g/mol. The van der Waals surface area contributed by atoms with Gasteiger partial charge in [0.25, 0.3) is 5.91 Å². The van der Waals surface area contributed by atoms with Gasteiger partial charge >= 0.3 is 0 Å². The Morgan fingerprint density at radius 3 is 2.67 bits per heavy atom. The van der Waals surface area contributed by atoms with Crippen LogP contribution in [0.25, 0.3) is 0 Å². The Morgan fingerprint density at radius 2 is 2.11 bits per heavy atom. The van der Waals surface area contributed by atoms with Crippen molar-refractivity contribution in [1.82, 2.24) is 10.6 Å². The lowest BCUT2D eigenvalue weighted by molar-refractivity contribution is -0.122. The van der Waals surface area contributed by atoms with Gasteiger partial charge in [-0.3, -0.25) is 9.59 Å². The predicted molar refractivity (Wildman–Crippen MR) is 74.8 cm³/mol. The molecule has 0 aliphatic carbocycles. The maximum Gasteiger partial charge on any atom is 0.251 e. The van der Waals surface area contributed by atoms with Gasteiger partial charge in [0.05, 0.1) is 5.02 Å². The Bertz CT molecular complexity index is 465. The molecule has 0 fully saturated rings. The van der Waals surface area contributed by atoms with Crippen LogP contribution >= 0.6 is 27.5 Å². The number of halogens is 2. The molecule has 18 heavy (non-hydrogen) atoms. The summed E-state index contributed by atoms with van der Waals surface area (Å²) in [6.45, 7) is 3.98. The number of hydrogen-bond donors (Lipinski definition) is 2. The van der Waals surface area contributed by atoms with Crippen LogP contribution in [0.5, 0.6) is 0 Å². The minimum absolute atomic E-state index is 0.214. The van der Waals surface area contributed by atoms with Crippen LogP contribution in [0.3, 0.4) is 0 Å². The third kappa shape index (κ3) is 3.99. The molecular weight excluding hydrogens is 320 g/mol. The molecule has 0 radical (unpaired) electrons. The van der Waals surface area contributed by atoms with Gasteiger partial charge in [-0.2, -0.15) is 0 Å². The van der Waals surface area contributed by atoms with Crippen LogP contribution < -0.4 is 10.6 Å². The van der Waals surface area contributed by atoms with E-state index < -0.39 is 6.04 Å². The van der Waals surface area contributed by atoms with Gasteiger partial charge in [0, 0.05) is 16.6 Å². The molecule has 1 atom stereocenters. The van der Waals surface area contributed by atoms with E-state index in [0.29, 0.717) is 17.1 Å². The molecule has 0 saturated carbocycles. The van der Waals surface area contributed by atoms with E-state index in [1.54, 1.807) is 25.1 Å². The van der Waals surface area contributed by atoms with E-state index in [4.69, 9.17) is 11.6 Å². The number of carbonyl (C=O) groups is 2. The van der Waals surface area contributed by atoms with Gasteiger partial charge in [-0.1, -0.05) is 11.6 Å². The molecule has 2 amide bonds. The van der Waals surface area contributed by atoms with Crippen LogP contribution in [0, 0.1) is 0 Å². The molecule has 0 aliphatic heterocycles. The van der Waals surface area contributed by atoms with Crippen LogP contribution in [-0.2, 0) is 4.79 Å². The standard InChI is InChI=1S/C12H14BrClN2O2/c1-3-15-11(17)7(2)16-12(18)8-4-5-9(13)10(14)6-8/h4-7H,3H2,1-2H3,(H,15,17)(H,16,18). The summed E-state index contributed by atoms with van der Waals surface area (Å²) in [5, 5.41) is 5.69. The van der Waals surface area contributed by atoms with E-state index in [1.165, 1.54) is 0 Å². The summed E-state index contributed by atoms with van der Waals surface area (Å²) in [5.74, 6) is -0.544. The molecule has 0 saturated heterocycles. The monoisotopic (exact) mass is 332 g/mol. The second kappa shape index (κ2) is 6.75.